The first-order valence-corrected chi connectivity index (χ1v) is 17.1. The van der Waals surface area contributed by atoms with Crippen molar-refractivity contribution in [3.8, 4) is 5.75 Å². The predicted octanol–water partition coefficient (Wildman–Crippen LogP) is 6.56. The summed E-state index contributed by atoms with van der Waals surface area (Å²) in [6.45, 7) is 3.68. The van der Waals surface area contributed by atoms with Crippen LogP contribution >= 0.6 is 27.5 Å². The maximum absolute atomic E-state index is 14.3. The highest BCUT2D eigenvalue weighted by molar-refractivity contribution is 9.10. The van der Waals surface area contributed by atoms with E-state index in [1.807, 2.05) is 19.9 Å². The molecule has 0 spiro atoms. The number of sulfonamides is 1. The summed E-state index contributed by atoms with van der Waals surface area (Å²) in [5, 5.41) is 3.57. The molecule has 1 aliphatic carbocycles. The van der Waals surface area contributed by atoms with E-state index in [9.17, 15) is 18.0 Å². The van der Waals surface area contributed by atoms with Crippen molar-refractivity contribution < 1.29 is 22.7 Å². The second-order valence-corrected chi connectivity index (χ2v) is 13.6. The van der Waals surface area contributed by atoms with Crippen molar-refractivity contribution in [2.45, 2.75) is 69.5 Å². The van der Waals surface area contributed by atoms with Gasteiger partial charge in [-0.3, -0.25) is 13.9 Å². The molecule has 0 radical (unpaired) electrons. The average molecular weight is 691 g/mol. The van der Waals surface area contributed by atoms with E-state index in [2.05, 4.69) is 21.2 Å². The first kappa shape index (κ1) is 32.8. The van der Waals surface area contributed by atoms with Crippen LogP contribution in [0, 0.1) is 0 Å². The molecule has 3 aromatic carbocycles. The quantitative estimate of drug-likeness (QED) is 0.219. The summed E-state index contributed by atoms with van der Waals surface area (Å²) in [6.07, 6.45) is 4.25. The van der Waals surface area contributed by atoms with Crippen LogP contribution in [0.15, 0.2) is 82.2 Å². The Balaban J connectivity index is 1.72. The minimum atomic E-state index is -4.18. The Kier molecular flexibility index (Phi) is 11.5. The van der Waals surface area contributed by atoms with Gasteiger partial charge in [-0.1, -0.05) is 65.5 Å². The highest BCUT2D eigenvalue weighted by Gasteiger charge is 2.34. The molecular weight excluding hydrogens is 654 g/mol. The lowest BCUT2D eigenvalue weighted by molar-refractivity contribution is -0.140. The molecule has 1 aliphatic rings. The van der Waals surface area contributed by atoms with Crippen LogP contribution < -0.4 is 14.4 Å². The molecule has 0 aliphatic heterocycles. The van der Waals surface area contributed by atoms with Gasteiger partial charge >= 0.3 is 0 Å². The minimum Gasteiger partial charge on any atom is -0.494 e. The van der Waals surface area contributed by atoms with Crippen molar-refractivity contribution in [3.05, 3.63) is 87.9 Å². The first-order chi connectivity index (χ1) is 20.6. The van der Waals surface area contributed by atoms with Crippen molar-refractivity contribution in [1.29, 1.82) is 0 Å². The Morgan fingerprint density at radius 2 is 1.65 bits per heavy atom. The molecule has 1 atom stereocenters. The van der Waals surface area contributed by atoms with E-state index in [4.69, 9.17) is 16.3 Å². The number of anilines is 1. The Morgan fingerprint density at radius 1 is 1.00 bits per heavy atom. The maximum atomic E-state index is 14.3. The third-order valence-corrected chi connectivity index (χ3v) is 10.2. The smallest absolute Gasteiger partial charge is 0.264 e. The van der Waals surface area contributed by atoms with E-state index < -0.39 is 28.5 Å². The van der Waals surface area contributed by atoms with Crippen molar-refractivity contribution in [2.24, 2.45) is 0 Å². The molecule has 1 saturated carbocycles. The van der Waals surface area contributed by atoms with E-state index in [-0.39, 0.29) is 23.4 Å². The standard InChI is InChI=1S/C32H37BrClN3O5S/c1-3-30(32(39)35-25-10-6-7-11-25)36(21-23-9-5-8-12-29(23)34)31(38)22-37(26-15-17-27(18-16-26)42-4-2)43(40,41)28-19-13-24(33)14-20-28/h5,8-9,12-20,25,30H,3-4,6-7,10-11,21-22H2,1-2H3,(H,35,39). The summed E-state index contributed by atoms with van der Waals surface area (Å²) in [5.74, 6) is -0.199. The summed E-state index contributed by atoms with van der Waals surface area (Å²) in [4.78, 5) is 29.3. The Morgan fingerprint density at radius 3 is 2.26 bits per heavy atom. The highest BCUT2D eigenvalue weighted by Crippen LogP contribution is 2.28. The molecule has 2 amide bonds. The second-order valence-electron chi connectivity index (χ2n) is 10.4. The molecule has 11 heteroatoms. The van der Waals surface area contributed by atoms with Crippen molar-refractivity contribution in [2.75, 3.05) is 17.5 Å². The molecule has 43 heavy (non-hydrogen) atoms. The summed E-state index contributed by atoms with van der Waals surface area (Å²) in [7, 11) is -4.18. The molecule has 3 aromatic rings. The van der Waals surface area contributed by atoms with Crippen molar-refractivity contribution >= 4 is 55.1 Å². The summed E-state index contributed by atoms with van der Waals surface area (Å²) in [6, 6.07) is 19.2. The number of nitrogens with zero attached hydrogens (tertiary/aromatic N) is 2. The fourth-order valence-corrected chi connectivity index (χ4v) is 7.11. The van der Waals surface area contributed by atoms with E-state index in [1.54, 1.807) is 54.6 Å². The highest BCUT2D eigenvalue weighted by atomic mass is 79.9. The molecule has 0 aromatic heterocycles. The molecule has 230 valence electrons. The first-order valence-electron chi connectivity index (χ1n) is 14.5. The zero-order valence-electron chi connectivity index (χ0n) is 24.3. The molecule has 1 fully saturated rings. The van der Waals surface area contributed by atoms with Crippen LogP contribution in [0.1, 0.15) is 51.5 Å². The second kappa shape index (κ2) is 15.1. The summed E-state index contributed by atoms with van der Waals surface area (Å²) < 4.78 is 35.4. The number of nitrogens with one attached hydrogen (secondary N) is 1. The number of hydrogen-bond donors (Lipinski definition) is 1. The van der Waals surface area contributed by atoms with Crippen LogP contribution in [0.4, 0.5) is 5.69 Å². The third-order valence-electron chi connectivity index (χ3n) is 7.50. The van der Waals surface area contributed by atoms with E-state index >= 15 is 0 Å². The third kappa shape index (κ3) is 8.31. The number of carbonyl (C=O) groups excluding carboxylic acids is 2. The predicted molar refractivity (Wildman–Crippen MR) is 173 cm³/mol. The zero-order valence-corrected chi connectivity index (χ0v) is 27.5. The van der Waals surface area contributed by atoms with Gasteiger partial charge in [-0.25, -0.2) is 8.42 Å². The number of ether oxygens (including phenoxy) is 1. The number of halogens is 2. The van der Waals surface area contributed by atoms with Gasteiger partial charge in [-0.05, 0) is 86.3 Å². The van der Waals surface area contributed by atoms with Crippen LogP contribution in [0.2, 0.25) is 5.02 Å². The van der Waals surface area contributed by atoms with Crippen LogP contribution in [-0.4, -0.2) is 50.4 Å². The number of rotatable bonds is 13. The molecule has 8 nitrogen and oxygen atoms in total. The maximum Gasteiger partial charge on any atom is 0.264 e. The normalized spacial score (nSPS) is 14.2. The van der Waals surface area contributed by atoms with Crippen LogP contribution in [0.3, 0.4) is 0 Å². The number of hydrogen-bond acceptors (Lipinski definition) is 5. The molecule has 1 N–H and O–H groups in total. The number of carbonyl (C=O) groups is 2. The van der Waals surface area contributed by atoms with Crippen molar-refractivity contribution in [3.63, 3.8) is 0 Å². The largest absolute Gasteiger partial charge is 0.494 e. The van der Waals surface area contributed by atoms with Gasteiger partial charge in [-0.2, -0.15) is 0 Å². The molecule has 1 unspecified atom stereocenters. The minimum absolute atomic E-state index is 0.0288. The van der Waals surface area contributed by atoms with Gasteiger partial charge in [0.25, 0.3) is 10.0 Å². The van der Waals surface area contributed by atoms with E-state index in [0.717, 1.165) is 34.5 Å². The lowest BCUT2D eigenvalue weighted by atomic mass is 10.1. The Hall–Kier alpha value is -3.08. The van der Waals surface area contributed by atoms with Gasteiger partial charge < -0.3 is 15.0 Å². The number of amides is 2. The Labute approximate surface area is 267 Å². The topological polar surface area (TPSA) is 96.0 Å². The molecule has 0 bridgehead atoms. The molecule has 4 rings (SSSR count). The molecule has 0 heterocycles. The zero-order chi connectivity index (χ0) is 31.0. The van der Waals surface area contributed by atoms with Crippen molar-refractivity contribution in [1.82, 2.24) is 10.2 Å². The van der Waals surface area contributed by atoms with Crippen LogP contribution in [0.25, 0.3) is 0 Å². The lowest BCUT2D eigenvalue weighted by Gasteiger charge is -2.34. The van der Waals surface area contributed by atoms with E-state index in [1.165, 1.54) is 17.0 Å². The lowest BCUT2D eigenvalue weighted by Crippen LogP contribution is -2.53. The average Bonchev–Trinajstić information content (AvgIpc) is 3.50. The van der Waals surface area contributed by atoms with Gasteiger partial charge in [0.05, 0.1) is 17.2 Å². The van der Waals surface area contributed by atoms with Crippen LogP contribution in [0.5, 0.6) is 5.75 Å². The number of benzene rings is 3. The van der Waals surface area contributed by atoms with E-state index in [0.29, 0.717) is 35.1 Å². The fraction of sp³-hybridized carbons (Fsp3) is 0.375. The van der Waals surface area contributed by atoms with Gasteiger partial charge in [0.2, 0.25) is 11.8 Å². The Bertz CT molecular complexity index is 1500. The van der Waals surface area contributed by atoms with Gasteiger partial charge in [0.15, 0.2) is 0 Å². The fourth-order valence-electron chi connectivity index (χ4n) is 5.23. The molecule has 0 saturated heterocycles. The summed E-state index contributed by atoms with van der Waals surface area (Å²) >= 11 is 9.84. The SMILES string of the molecule is CCOc1ccc(N(CC(=O)N(Cc2ccccc2Cl)C(CC)C(=O)NC2CCCC2)S(=O)(=O)c2ccc(Br)cc2)cc1. The molecular formula is C32H37BrClN3O5S. The van der Waals surface area contributed by atoms with Gasteiger partial charge in [-0.15, -0.1) is 0 Å². The van der Waals surface area contributed by atoms with Gasteiger partial charge in [0, 0.05) is 22.1 Å². The summed E-state index contributed by atoms with van der Waals surface area (Å²) in [5.41, 5.74) is 0.953. The van der Waals surface area contributed by atoms with Crippen LogP contribution in [-0.2, 0) is 26.2 Å². The van der Waals surface area contributed by atoms with Gasteiger partial charge in [0.1, 0.15) is 18.3 Å². The monoisotopic (exact) mass is 689 g/mol.